The van der Waals surface area contributed by atoms with Gasteiger partial charge in [-0.2, -0.15) is 0 Å². The van der Waals surface area contributed by atoms with Crippen LogP contribution in [0.25, 0.3) is 0 Å². The summed E-state index contributed by atoms with van der Waals surface area (Å²) < 4.78 is 12.9. The number of halogens is 2. The molecule has 0 heterocycles. The summed E-state index contributed by atoms with van der Waals surface area (Å²) in [5.41, 5.74) is 0.917. The molecule has 0 bridgehead atoms. The Morgan fingerprint density at radius 3 is 2.62 bits per heavy atom. The highest BCUT2D eigenvalue weighted by Crippen LogP contribution is 2.19. The summed E-state index contributed by atoms with van der Waals surface area (Å²) in [5, 5.41) is 0. The van der Waals surface area contributed by atoms with E-state index in [9.17, 15) is 4.39 Å². The predicted octanol–water partition coefficient (Wildman–Crippen LogP) is 2.67. The van der Waals surface area contributed by atoms with Gasteiger partial charge < -0.3 is 4.90 Å². The minimum absolute atomic E-state index is 0.0809. The van der Waals surface area contributed by atoms with E-state index in [1.165, 1.54) is 12.1 Å². The van der Waals surface area contributed by atoms with Gasteiger partial charge in [0.1, 0.15) is 5.82 Å². The van der Waals surface area contributed by atoms with Crippen molar-refractivity contribution < 1.29 is 4.39 Å². The van der Waals surface area contributed by atoms with Gasteiger partial charge in [-0.3, -0.25) is 0 Å². The van der Waals surface area contributed by atoms with E-state index >= 15 is 0 Å². The molecule has 0 aromatic heterocycles. The van der Waals surface area contributed by atoms with Gasteiger partial charge in [-0.05, 0) is 31.8 Å². The van der Waals surface area contributed by atoms with Gasteiger partial charge in [-0.1, -0.05) is 12.1 Å². The second-order valence-electron chi connectivity index (χ2n) is 3.19. The number of nitrogens with zero attached hydrogens (tertiary/aromatic N) is 1. The molecule has 72 valence electrons. The summed E-state index contributed by atoms with van der Waals surface area (Å²) in [5.74, 6) is 0.255. The minimum atomic E-state index is -0.213. The van der Waals surface area contributed by atoms with Gasteiger partial charge in [0.05, 0.1) is 0 Å². The van der Waals surface area contributed by atoms with Gasteiger partial charge in [0, 0.05) is 11.9 Å². The van der Waals surface area contributed by atoms with E-state index in [0.717, 1.165) is 5.56 Å². The number of hydrogen-bond acceptors (Lipinski definition) is 1. The van der Waals surface area contributed by atoms with E-state index < -0.39 is 0 Å². The van der Waals surface area contributed by atoms with E-state index in [0.29, 0.717) is 5.88 Å². The molecule has 1 aromatic rings. The summed E-state index contributed by atoms with van der Waals surface area (Å²) in [6.07, 6.45) is 0. The van der Waals surface area contributed by atoms with E-state index in [-0.39, 0.29) is 11.9 Å². The van der Waals surface area contributed by atoms with Crippen molar-refractivity contribution in [1.82, 2.24) is 4.90 Å². The first-order valence-corrected chi connectivity index (χ1v) is 4.66. The molecule has 0 spiro atoms. The fourth-order valence-corrected chi connectivity index (χ4v) is 1.69. The van der Waals surface area contributed by atoms with Crippen LogP contribution in [-0.4, -0.2) is 24.9 Å². The van der Waals surface area contributed by atoms with Gasteiger partial charge in [-0.25, -0.2) is 4.39 Å². The van der Waals surface area contributed by atoms with Crippen LogP contribution in [0.2, 0.25) is 0 Å². The largest absolute Gasteiger partial charge is 0.301 e. The zero-order chi connectivity index (χ0) is 9.84. The van der Waals surface area contributed by atoms with E-state index in [2.05, 4.69) is 0 Å². The first kappa shape index (κ1) is 10.5. The number of benzene rings is 1. The second kappa shape index (κ2) is 4.58. The maximum Gasteiger partial charge on any atom is 0.123 e. The lowest BCUT2D eigenvalue weighted by Gasteiger charge is -2.22. The smallest absolute Gasteiger partial charge is 0.123 e. The average molecular weight is 202 g/mol. The minimum Gasteiger partial charge on any atom is -0.301 e. The van der Waals surface area contributed by atoms with Crippen molar-refractivity contribution in [3.63, 3.8) is 0 Å². The van der Waals surface area contributed by atoms with Crippen LogP contribution in [0, 0.1) is 5.82 Å². The Morgan fingerprint density at radius 2 is 2.15 bits per heavy atom. The molecule has 0 aliphatic rings. The summed E-state index contributed by atoms with van der Waals surface area (Å²) >= 11 is 5.79. The molecule has 1 unspecified atom stereocenters. The van der Waals surface area contributed by atoms with Crippen LogP contribution in [0.1, 0.15) is 11.6 Å². The Hall–Kier alpha value is -0.600. The molecule has 0 saturated heterocycles. The van der Waals surface area contributed by atoms with Crippen molar-refractivity contribution in [2.45, 2.75) is 6.04 Å². The van der Waals surface area contributed by atoms with Gasteiger partial charge in [0.2, 0.25) is 0 Å². The molecule has 0 aliphatic carbocycles. The third-order valence-electron chi connectivity index (χ3n) is 2.00. The van der Waals surface area contributed by atoms with Crippen molar-refractivity contribution in [3.05, 3.63) is 35.6 Å². The second-order valence-corrected chi connectivity index (χ2v) is 3.50. The molecule has 0 saturated carbocycles. The van der Waals surface area contributed by atoms with E-state index in [1.807, 2.05) is 25.1 Å². The van der Waals surface area contributed by atoms with Crippen LogP contribution < -0.4 is 0 Å². The van der Waals surface area contributed by atoms with Crippen LogP contribution in [0.15, 0.2) is 24.3 Å². The maximum absolute atomic E-state index is 12.9. The Morgan fingerprint density at radius 1 is 1.46 bits per heavy atom. The van der Waals surface area contributed by atoms with Crippen LogP contribution in [0.4, 0.5) is 4.39 Å². The maximum atomic E-state index is 12.9. The van der Waals surface area contributed by atoms with Crippen molar-refractivity contribution in [3.8, 4) is 0 Å². The molecule has 1 nitrogen and oxygen atoms in total. The summed E-state index contributed by atoms with van der Waals surface area (Å²) in [6.45, 7) is 0. The average Bonchev–Trinajstić information content (AvgIpc) is 2.04. The van der Waals surface area contributed by atoms with Crippen molar-refractivity contribution in [2.24, 2.45) is 0 Å². The Labute approximate surface area is 83.1 Å². The third kappa shape index (κ3) is 2.68. The van der Waals surface area contributed by atoms with Crippen LogP contribution >= 0.6 is 11.6 Å². The molecule has 0 N–H and O–H groups in total. The SMILES string of the molecule is CN(C)C(CCl)c1cccc(F)c1. The fourth-order valence-electron chi connectivity index (χ4n) is 1.24. The Bertz CT molecular complexity index is 275. The zero-order valence-electron chi connectivity index (χ0n) is 7.80. The topological polar surface area (TPSA) is 3.24 Å². The lowest BCUT2D eigenvalue weighted by molar-refractivity contribution is 0.324. The van der Waals surface area contributed by atoms with E-state index in [1.54, 1.807) is 6.07 Å². The van der Waals surface area contributed by atoms with Gasteiger partial charge >= 0.3 is 0 Å². The molecule has 0 fully saturated rings. The standard InChI is InChI=1S/C10H13ClFN/c1-13(2)10(7-11)8-4-3-5-9(12)6-8/h3-6,10H,7H2,1-2H3. The molecular formula is C10H13ClFN. The van der Waals surface area contributed by atoms with Gasteiger partial charge in [-0.15, -0.1) is 11.6 Å². The molecule has 13 heavy (non-hydrogen) atoms. The lowest BCUT2D eigenvalue weighted by Crippen LogP contribution is -2.21. The quantitative estimate of drug-likeness (QED) is 0.680. The summed E-state index contributed by atoms with van der Waals surface area (Å²) in [7, 11) is 3.86. The predicted molar refractivity (Wildman–Crippen MR) is 53.5 cm³/mol. The zero-order valence-corrected chi connectivity index (χ0v) is 8.55. The van der Waals surface area contributed by atoms with Crippen LogP contribution in [0.3, 0.4) is 0 Å². The number of rotatable bonds is 3. The van der Waals surface area contributed by atoms with Crippen molar-refractivity contribution >= 4 is 11.6 Å². The normalized spacial score (nSPS) is 13.3. The first-order chi connectivity index (χ1) is 6.15. The highest BCUT2D eigenvalue weighted by atomic mass is 35.5. The highest BCUT2D eigenvalue weighted by molar-refractivity contribution is 6.18. The Kier molecular flexibility index (Phi) is 3.70. The molecule has 0 aliphatic heterocycles. The van der Waals surface area contributed by atoms with E-state index in [4.69, 9.17) is 11.6 Å². The molecular weight excluding hydrogens is 189 g/mol. The van der Waals surface area contributed by atoms with Crippen LogP contribution in [-0.2, 0) is 0 Å². The van der Waals surface area contributed by atoms with Crippen LogP contribution in [0.5, 0.6) is 0 Å². The first-order valence-electron chi connectivity index (χ1n) is 4.13. The summed E-state index contributed by atoms with van der Waals surface area (Å²) in [4.78, 5) is 1.97. The number of alkyl halides is 1. The molecule has 0 radical (unpaired) electrons. The fraction of sp³-hybridized carbons (Fsp3) is 0.400. The molecule has 1 rings (SSSR count). The van der Waals surface area contributed by atoms with Gasteiger partial charge in [0.25, 0.3) is 0 Å². The van der Waals surface area contributed by atoms with Crippen molar-refractivity contribution in [1.29, 1.82) is 0 Å². The Balaban J connectivity index is 2.91. The highest BCUT2D eigenvalue weighted by Gasteiger charge is 2.12. The third-order valence-corrected chi connectivity index (χ3v) is 2.30. The molecule has 0 amide bonds. The van der Waals surface area contributed by atoms with Gasteiger partial charge in [0.15, 0.2) is 0 Å². The molecule has 3 heteroatoms. The summed E-state index contributed by atoms with van der Waals surface area (Å²) in [6, 6.07) is 6.62. The molecule has 1 atom stereocenters. The lowest BCUT2D eigenvalue weighted by atomic mass is 10.1. The number of hydrogen-bond donors (Lipinski definition) is 0. The van der Waals surface area contributed by atoms with Crippen molar-refractivity contribution in [2.75, 3.05) is 20.0 Å². The molecule has 1 aromatic carbocycles. The monoisotopic (exact) mass is 201 g/mol.